The molecule has 1 aliphatic heterocycles. The van der Waals surface area contributed by atoms with Gasteiger partial charge in [0.05, 0.1) is 12.7 Å². The van der Waals surface area contributed by atoms with E-state index in [-0.39, 0.29) is 9.77 Å². The number of hydrogen-bond acceptors (Lipinski definition) is 6. The number of nitrogens with zero attached hydrogens (tertiary/aromatic N) is 2. The van der Waals surface area contributed by atoms with Gasteiger partial charge in [0.2, 0.25) is 0 Å². The molecule has 0 radical (unpaired) electrons. The molecule has 6 nitrogen and oxygen atoms in total. The maximum absolute atomic E-state index is 13.1. The number of carbonyl (C=O) groups is 1. The molecule has 0 aliphatic carbocycles. The highest BCUT2D eigenvalue weighted by Crippen LogP contribution is 2.38. The highest BCUT2D eigenvalue weighted by Gasteiger charge is 2.35. The first-order valence-corrected chi connectivity index (χ1v) is 11.9. The Morgan fingerprint density at radius 2 is 2.07 bits per heavy atom. The summed E-state index contributed by atoms with van der Waals surface area (Å²) in [6.07, 6.45) is 3.49. The van der Waals surface area contributed by atoms with Crippen LogP contribution in [0.2, 0.25) is 0 Å². The molecule has 0 aromatic carbocycles. The molecule has 0 fully saturated rings. The van der Waals surface area contributed by atoms with Crippen molar-refractivity contribution in [2.24, 2.45) is 5.92 Å². The van der Waals surface area contributed by atoms with Gasteiger partial charge in [-0.25, -0.2) is 17.5 Å². The van der Waals surface area contributed by atoms with Crippen molar-refractivity contribution >= 4 is 27.3 Å². The van der Waals surface area contributed by atoms with Gasteiger partial charge in [-0.05, 0) is 37.3 Å². The highest BCUT2D eigenvalue weighted by molar-refractivity contribution is 7.91. The second kappa shape index (κ2) is 9.49. The second-order valence-corrected chi connectivity index (χ2v) is 10.9. The van der Waals surface area contributed by atoms with Gasteiger partial charge in [0.25, 0.3) is 10.0 Å². The average molecular weight is 417 g/mol. The van der Waals surface area contributed by atoms with Crippen molar-refractivity contribution < 1.29 is 17.9 Å². The van der Waals surface area contributed by atoms with E-state index in [9.17, 15) is 13.2 Å². The first kappa shape index (κ1) is 22.3. The van der Waals surface area contributed by atoms with Gasteiger partial charge in [0.15, 0.2) is 0 Å². The number of methoxy groups -OCH3 is 1. The van der Waals surface area contributed by atoms with Crippen LogP contribution in [-0.2, 0) is 27.7 Å². The van der Waals surface area contributed by atoms with Gasteiger partial charge < -0.3 is 4.74 Å². The lowest BCUT2D eigenvalue weighted by molar-refractivity contribution is 0.0595. The topological polar surface area (TPSA) is 66.9 Å². The number of hydrogen-bond donors (Lipinski definition) is 0. The SMILES string of the molecule is CCCCN(C)S(=O)(=O)c1sc2c(c1C(=O)OC)CCN(CCC(C)C)C2. The van der Waals surface area contributed by atoms with Gasteiger partial charge in [-0.15, -0.1) is 11.3 Å². The van der Waals surface area contributed by atoms with Crippen molar-refractivity contribution in [3.05, 3.63) is 16.0 Å². The normalized spacial score (nSPS) is 15.4. The van der Waals surface area contributed by atoms with Crippen molar-refractivity contribution in [3.63, 3.8) is 0 Å². The molecule has 1 aromatic heterocycles. The van der Waals surface area contributed by atoms with Crippen LogP contribution < -0.4 is 0 Å². The van der Waals surface area contributed by atoms with Gasteiger partial charge in [0.1, 0.15) is 4.21 Å². The van der Waals surface area contributed by atoms with Crippen molar-refractivity contribution in [2.45, 2.75) is 57.2 Å². The molecule has 1 aliphatic rings. The molecule has 27 heavy (non-hydrogen) atoms. The molecule has 0 amide bonds. The predicted molar refractivity (Wildman–Crippen MR) is 109 cm³/mol. The fourth-order valence-electron chi connectivity index (χ4n) is 3.20. The summed E-state index contributed by atoms with van der Waals surface area (Å²) in [6.45, 7) is 9.40. The van der Waals surface area contributed by atoms with Crippen molar-refractivity contribution in [1.29, 1.82) is 0 Å². The van der Waals surface area contributed by atoms with Crippen LogP contribution in [0.15, 0.2) is 4.21 Å². The Morgan fingerprint density at radius 3 is 2.67 bits per heavy atom. The minimum absolute atomic E-state index is 0.142. The lowest BCUT2D eigenvalue weighted by Gasteiger charge is -2.27. The fourth-order valence-corrected chi connectivity index (χ4v) is 6.52. The smallest absolute Gasteiger partial charge is 0.340 e. The summed E-state index contributed by atoms with van der Waals surface area (Å²) < 4.78 is 32.7. The zero-order chi connectivity index (χ0) is 20.2. The average Bonchev–Trinajstić information content (AvgIpc) is 3.03. The Bertz CT molecular complexity index is 756. The number of sulfonamides is 1. The Kier molecular flexibility index (Phi) is 7.85. The summed E-state index contributed by atoms with van der Waals surface area (Å²) in [5.41, 5.74) is 1.11. The number of rotatable bonds is 9. The number of fused-ring (bicyclic) bond motifs is 1. The van der Waals surface area contributed by atoms with Crippen LogP contribution in [-0.4, -0.2) is 57.4 Å². The molecular weight excluding hydrogens is 384 g/mol. The molecule has 1 aromatic rings. The van der Waals surface area contributed by atoms with E-state index in [0.717, 1.165) is 42.8 Å². The third kappa shape index (κ3) is 5.10. The molecule has 0 N–H and O–H groups in total. The number of unbranched alkanes of at least 4 members (excludes halogenated alkanes) is 1. The summed E-state index contributed by atoms with van der Waals surface area (Å²) in [5.74, 6) is 0.0779. The van der Waals surface area contributed by atoms with Gasteiger partial charge in [-0.2, -0.15) is 0 Å². The molecule has 2 rings (SSSR count). The Balaban J connectivity index is 2.38. The van der Waals surface area contributed by atoms with E-state index in [1.165, 1.54) is 22.8 Å². The molecule has 0 bridgehead atoms. The second-order valence-electron chi connectivity index (χ2n) is 7.55. The van der Waals surface area contributed by atoms with Crippen molar-refractivity contribution in [2.75, 3.05) is 33.8 Å². The first-order valence-electron chi connectivity index (χ1n) is 9.63. The lowest BCUT2D eigenvalue weighted by Crippen LogP contribution is -2.32. The summed E-state index contributed by atoms with van der Waals surface area (Å²) in [6, 6.07) is 0. The number of esters is 1. The van der Waals surface area contributed by atoms with Crippen molar-refractivity contribution in [3.8, 4) is 0 Å². The van der Waals surface area contributed by atoms with Crippen LogP contribution in [0.5, 0.6) is 0 Å². The number of ether oxygens (including phenoxy) is 1. The minimum Gasteiger partial charge on any atom is -0.465 e. The molecular formula is C19H32N2O4S2. The van der Waals surface area contributed by atoms with Gasteiger partial charge >= 0.3 is 5.97 Å². The zero-order valence-corrected chi connectivity index (χ0v) is 18.7. The van der Waals surface area contributed by atoms with Gasteiger partial charge in [-0.3, -0.25) is 4.90 Å². The van der Waals surface area contributed by atoms with Crippen LogP contribution in [0, 0.1) is 5.92 Å². The first-order chi connectivity index (χ1) is 12.7. The number of thiophene rings is 1. The van der Waals surface area contributed by atoms with Gasteiger partial charge in [0, 0.05) is 31.6 Å². The van der Waals surface area contributed by atoms with E-state index in [0.29, 0.717) is 25.4 Å². The zero-order valence-electron chi connectivity index (χ0n) is 17.1. The maximum Gasteiger partial charge on any atom is 0.340 e. The fraction of sp³-hybridized carbons (Fsp3) is 0.737. The summed E-state index contributed by atoms with van der Waals surface area (Å²) in [5, 5.41) is 0. The molecule has 0 saturated carbocycles. The van der Waals surface area contributed by atoms with E-state index >= 15 is 0 Å². The summed E-state index contributed by atoms with van der Waals surface area (Å²) in [7, 11) is -0.812. The monoisotopic (exact) mass is 416 g/mol. The van der Waals surface area contributed by atoms with E-state index in [2.05, 4.69) is 18.7 Å². The molecule has 2 heterocycles. The number of carbonyl (C=O) groups excluding carboxylic acids is 1. The largest absolute Gasteiger partial charge is 0.465 e. The van der Waals surface area contributed by atoms with Crippen LogP contribution in [0.1, 0.15) is 60.8 Å². The molecule has 0 unspecified atom stereocenters. The summed E-state index contributed by atoms with van der Waals surface area (Å²) >= 11 is 1.24. The Labute approximate surface area is 167 Å². The third-order valence-corrected chi connectivity index (χ3v) is 8.56. The highest BCUT2D eigenvalue weighted by atomic mass is 32.2. The van der Waals surface area contributed by atoms with Crippen molar-refractivity contribution in [1.82, 2.24) is 9.21 Å². The Hall–Kier alpha value is -0.960. The lowest BCUT2D eigenvalue weighted by atomic mass is 10.0. The van der Waals surface area contributed by atoms with E-state index in [1.807, 2.05) is 6.92 Å². The molecule has 0 saturated heterocycles. The maximum atomic E-state index is 13.1. The molecule has 154 valence electrons. The minimum atomic E-state index is -3.70. The third-order valence-electron chi connectivity index (χ3n) is 4.99. The van der Waals surface area contributed by atoms with Crippen LogP contribution in [0.4, 0.5) is 0 Å². The quantitative estimate of drug-likeness (QED) is 0.578. The van der Waals surface area contributed by atoms with E-state index < -0.39 is 16.0 Å². The van der Waals surface area contributed by atoms with Crippen LogP contribution >= 0.6 is 11.3 Å². The van der Waals surface area contributed by atoms with E-state index in [4.69, 9.17) is 4.74 Å². The van der Waals surface area contributed by atoms with Crippen LogP contribution in [0.3, 0.4) is 0 Å². The molecule has 8 heteroatoms. The van der Waals surface area contributed by atoms with E-state index in [1.54, 1.807) is 7.05 Å². The predicted octanol–water partition coefficient (Wildman–Crippen LogP) is 3.36. The summed E-state index contributed by atoms with van der Waals surface area (Å²) in [4.78, 5) is 15.8. The molecule has 0 atom stereocenters. The standard InChI is InChI=1S/C19H32N2O4S2/c1-6-7-10-20(4)27(23,24)19-17(18(22)25-5)15-9-12-21(11-8-14(2)3)13-16(15)26-19/h14H,6-13H2,1-5H3. The van der Waals surface area contributed by atoms with Gasteiger partial charge in [-0.1, -0.05) is 27.2 Å². The Morgan fingerprint density at radius 1 is 1.37 bits per heavy atom. The molecule has 0 spiro atoms. The van der Waals surface area contributed by atoms with Crippen LogP contribution in [0.25, 0.3) is 0 Å².